The molecule has 20 heavy (non-hydrogen) atoms. The van der Waals surface area contributed by atoms with Gasteiger partial charge < -0.3 is 10.2 Å². The van der Waals surface area contributed by atoms with E-state index in [4.69, 9.17) is 11.6 Å². The van der Waals surface area contributed by atoms with Gasteiger partial charge in [-0.15, -0.1) is 11.3 Å². The van der Waals surface area contributed by atoms with Crippen LogP contribution in [0.2, 0.25) is 5.02 Å². The molecule has 1 aromatic carbocycles. The number of rotatable bonds is 6. The van der Waals surface area contributed by atoms with Crippen molar-refractivity contribution in [3.63, 3.8) is 0 Å². The van der Waals surface area contributed by atoms with Gasteiger partial charge in [0.15, 0.2) is 0 Å². The summed E-state index contributed by atoms with van der Waals surface area (Å²) in [5.41, 5.74) is 3.57. The fourth-order valence-corrected chi connectivity index (χ4v) is 3.57. The van der Waals surface area contributed by atoms with Crippen molar-refractivity contribution in [1.29, 1.82) is 0 Å². The second kappa shape index (κ2) is 7.46. The summed E-state index contributed by atoms with van der Waals surface area (Å²) in [6.07, 6.45) is 0. The van der Waals surface area contributed by atoms with E-state index in [-0.39, 0.29) is 0 Å². The van der Waals surface area contributed by atoms with Crippen LogP contribution in [-0.2, 0) is 13.1 Å². The molecule has 1 N–H and O–H groups in total. The molecule has 1 heterocycles. The van der Waals surface area contributed by atoms with E-state index in [1.54, 1.807) is 11.3 Å². The van der Waals surface area contributed by atoms with Crippen LogP contribution in [0.5, 0.6) is 0 Å². The Morgan fingerprint density at radius 2 is 2.10 bits per heavy atom. The Hall–Kier alpha value is -0.550. The molecule has 0 amide bonds. The fraction of sp³-hybridized carbons (Fsp3) is 0.333. The molecule has 0 radical (unpaired) electrons. The van der Waals surface area contributed by atoms with E-state index in [1.165, 1.54) is 11.1 Å². The van der Waals surface area contributed by atoms with Gasteiger partial charge in [-0.25, -0.2) is 0 Å². The summed E-state index contributed by atoms with van der Waals surface area (Å²) in [5, 5.41) is 6.27. The van der Waals surface area contributed by atoms with Crippen molar-refractivity contribution < 1.29 is 0 Å². The van der Waals surface area contributed by atoms with E-state index >= 15 is 0 Å². The first-order chi connectivity index (χ1) is 9.60. The minimum absolute atomic E-state index is 0.803. The highest BCUT2D eigenvalue weighted by atomic mass is 79.9. The second-order valence-corrected chi connectivity index (χ2v) is 7.38. The van der Waals surface area contributed by atoms with E-state index in [9.17, 15) is 0 Å². The quantitative estimate of drug-likeness (QED) is 0.774. The van der Waals surface area contributed by atoms with Gasteiger partial charge >= 0.3 is 0 Å². The summed E-state index contributed by atoms with van der Waals surface area (Å²) in [6, 6.07) is 8.41. The Balaban J connectivity index is 2.07. The van der Waals surface area contributed by atoms with Crippen LogP contribution in [-0.4, -0.2) is 13.6 Å². The number of anilines is 1. The van der Waals surface area contributed by atoms with Crippen LogP contribution in [0.1, 0.15) is 18.1 Å². The molecule has 5 heteroatoms. The smallest absolute Gasteiger partial charge is 0.0701 e. The zero-order chi connectivity index (χ0) is 14.5. The van der Waals surface area contributed by atoms with Crippen molar-refractivity contribution in [2.75, 3.05) is 18.5 Å². The highest BCUT2D eigenvalue weighted by molar-refractivity contribution is 9.11. The Bertz CT molecular complexity index is 571. The maximum Gasteiger partial charge on any atom is 0.0701 e. The van der Waals surface area contributed by atoms with Gasteiger partial charge in [0.25, 0.3) is 0 Å². The molecule has 0 unspecified atom stereocenters. The molecule has 2 aromatic rings. The predicted octanol–water partition coefficient (Wildman–Crippen LogP) is 4.91. The Kier molecular flexibility index (Phi) is 5.90. The average molecular weight is 374 g/mol. The molecule has 1 aromatic heterocycles. The van der Waals surface area contributed by atoms with Gasteiger partial charge in [0, 0.05) is 20.1 Å². The van der Waals surface area contributed by atoms with Crippen molar-refractivity contribution in [3.05, 3.63) is 49.6 Å². The summed E-state index contributed by atoms with van der Waals surface area (Å²) in [4.78, 5) is 2.17. The van der Waals surface area contributed by atoms with Gasteiger partial charge in [-0.05, 0) is 57.2 Å². The minimum Gasteiger partial charge on any atom is -0.369 e. The number of halogens is 2. The highest BCUT2D eigenvalue weighted by Crippen LogP contribution is 2.28. The maximum absolute atomic E-state index is 6.40. The Morgan fingerprint density at radius 3 is 2.70 bits per heavy atom. The van der Waals surface area contributed by atoms with Gasteiger partial charge in [0.2, 0.25) is 0 Å². The first-order valence-electron chi connectivity index (χ1n) is 6.53. The molecule has 2 nitrogen and oxygen atoms in total. The molecule has 0 saturated carbocycles. The van der Waals surface area contributed by atoms with Crippen molar-refractivity contribution >= 4 is 44.6 Å². The van der Waals surface area contributed by atoms with Gasteiger partial charge in [0.1, 0.15) is 0 Å². The molecule has 108 valence electrons. The van der Waals surface area contributed by atoms with Gasteiger partial charge in [-0.3, -0.25) is 0 Å². The zero-order valence-electron chi connectivity index (χ0n) is 11.6. The lowest BCUT2D eigenvalue weighted by Crippen LogP contribution is -2.17. The molecule has 0 aliphatic rings. The van der Waals surface area contributed by atoms with Gasteiger partial charge in [0.05, 0.1) is 14.5 Å². The monoisotopic (exact) mass is 372 g/mol. The van der Waals surface area contributed by atoms with Crippen LogP contribution in [0.15, 0.2) is 33.4 Å². The summed E-state index contributed by atoms with van der Waals surface area (Å²) in [6.45, 7) is 4.78. The standard InChI is InChI=1S/C15H18BrClN2S/c1-3-18-8-11-4-5-14(13(17)6-11)19(2)9-12-7-15(16)20-10-12/h4-7,10,18H,3,8-9H2,1-2H3. The third kappa shape index (κ3) is 4.22. The lowest BCUT2D eigenvalue weighted by molar-refractivity contribution is 0.727. The first-order valence-corrected chi connectivity index (χ1v) is 8.58. The number of hydrogen-bond acceptors (Lipinski definition) is 3. The van der Waals surface area contributed by atoms with Crippen molar-refractivity contribution in [2.45, 2.75) is 20.0 Å². The predicted molar refractivity (Wildman–Crippen MR) is 93.0 cm³/mol. The van der Waals surface area contributed by atoms with Crippen molar-refractivity contribution in [1.82, 2.24) is 5.32 Å². The Morgan fingerprint density at radius 1 is 1.30 bits per heavy atom. The zero-order valence-corrected chi connectivity index (χ0v) is 14.8. The molecule has 0 aliphatic carbocycles. The third-order valence-electron chi connectivity index (χ3n) is 3.04. The Labute approximate surface area is 137 Å². The van der Waals surface area contributed by atoms with Crippen LogP contribution in [0.25, 0.3) is 0 Å². The average Bonchev–Trinajstić information content (AvgIpc) is 2.81. The van der Waals surface area contributed by atoms with Crippen LogP contribution >= 0.6 is 38.9 Å². The molecule has 2 rings (SSSR count). The minimum atomic E-state index is 0.803. The van der Waals surface area contributed by atoms with Crippen LogP contribution in [0.4, 0.5) is 5.69 Å². The molecular weight excluding hydrogens is 356 g/mol. The number of thiophene rings is 1. The van der Waals surface area contributed by atoms with E-state index < -0.39 is 0 Å². The fourth-order valence-electron chi connectivity index (χ4n) is 2.03. The van der Waals surface area contributed by atoms with Crippen molar-refractivity contribution in [2.24, 2.45) is 0 Å². The maximum atomic E-state index is 6.40. The van der Waals surface area contributed by atoms with Crippen LogP contribution < -0.4 is 10.2 Å². The number of hydrogen-bond donors (Lipinski definition) is 1. The number of nitrogens with one attached hydrogen (secondary N) is 1. The molecule has 0 saturated heterocycles. The molecule has 0 bridgehead atoms. The number of nitrogens with zero attached hydrogens (tertiary/aromatic N) is 1. The summed E-state index contributed by atoms with van der Waals surface area (Å²) >= 11 is 11.6. The number of benzene rings is 1. The highest BCUT2D eigenvalue weighted by Gasteiger charge is 2.08. The largest absolute Gasteiger partial charge is 0.369 e. The van der Waals surface area contributed by atoms with Gasteiger partial charge in [-0.2, -0.15) is 0 Å². The van der Waals surface area contributed by atoms with Crippen LogP contribution in [0.3, 0.4) is 0 Å². The molecule has 0 aliphatic heterocycles. The molecule has 0 atom stereocenters. The topological polar surface area (TPSA) is 15.3 Å². The summed E-state index contributed by atoms with van der Waals surface area (Å²) in [7, 11) is 2.07. The van der Waals surface area contributed by atoms with Crippen molar-refractivity contribution in [3.8, 4) is 0 Å². The molecule has 0 spiro atoms. The first kappa shape index (κ1) is 15.8. The third-order valence-corrected chi connectivity index (χ3v) is 4.90. The van der Waals surface area contributed by atoms with E-state index in [1.807, 2.05) is 6.07 Å². The van der Waals surface area contributed by atoms with E-state index in [0.717, 1.165) is 34.1 Å². The van der Waals surface area contributed by atoms with Gasteiger partial charge in [-0.1, -0.05) is 24.6 Å². The normalized spacial score (nSPS) is 10.8. The SMILES string of the molecule is CCNCc1ccc(N(C)Cc2csc(Br)c2)c(Cl)c1. The van der Waals surface area contributed by atoms with E-state index in [0.29, 0.717) is 0 Å². The second-order valence-electron chi connectivity index (χ2n) is 4.68. The molecule has 0 fully saturated rings. The lowest BCUT2D eigenvalue weighted by atomic mass is 10.2. The van der Waals surface area contributed by atoms with E-state index in [2.05, 4.69) is 63.7 Å². The lowest BCUT2D eigenvalue weighted by Gasteiger charge is -2.20. The summed E-state index contributed by atoms with van der Waals surface area (Å²) in [5.74, 6) is 0. The molecular formula is C15H18BrClN2S. The summed E-state index contributed by atoms with van der Waals surface area (Å²) < 4.78 is 1.16. The van der Waals surface area contributed by atoms with Crippen LogP contribution in [0, 0.1) is 0 Å².